The van der Waals surface area contributed by atoms with Crippen LogP contribution in [0.15, 0.2) is 22.7 Å². The third-order valence-electron chi connectivity index (χ3n) is 5.21. The van der Waals surface area contributed by atoms with Crippen LogP contribution >= 0.6 is 15.9 Å². The predicted octanol–water partition coefficient (Wildman–Crippen LogP) is 3.60. The van der Waals surface area contributed by atoms with Gasteiger partial charge in [-0.25, -0.2) is 4.79 Å². The van der Waals surface area contributed by atoms with Crippen molar-refractivity contribution in [1.82, 2.24) is 0 Å². The SMILES string of the molecule is O=C(O)c1cc(Br)cc(NC2C3C4CCC(C4)C23)c1. The summed E-state index contributed by atoms with van der Waals surface area (Å²) < 4.78 is 0.823. The largest absolute Gasteiger partial charge is 0.478 e. The highest BCUT2D eigenvalue weighted by Crippen LogP contribution is 2.66. The third kappa shape index (κ3) is 1.80. The van der Waals surface area contributed by atoms with Crippen LogP contribution in [0.25, 0.3) is 0 Å². The first-order chi connectivity index (χ1) is 9.13. The summed E-state index contributed by atoms with van der Waals surface area (Å²) in [5.74, 6) is 2.69. The molecule has 3 aliphatic rings. The second kappa shape index (κ2) is 3.98. The molecule has 0 saturated heterocycles. The molecule has 4 atom stereocenters. The summed E-state index contributed by atoms with van der Waals surface area (Å²) in [6.45, 7) is 0. The molecule has 0 spiro atoms. The Morgan fingerprint density at radius 1 is 1.21 bits per heavy atom. The molecule has 4 rings (SSSR count). The van der Waals surface area contributed by atoms with Gasteiger partial charge in [0.1, 0.15) is 0 Å². The molecule has 2 N–H and O–H groups in total. The van der Waals surface area contributed by atoms with Crippen molar-refractivity contribution in [3.05, 3.63) is 28.2 Å². The average Bonchev–Trinajstić information content (AvgIpc) is 2.77. The number of carboxylic acids is 1. The Morgan fingerprint density at radius 3 is 2.53 bits per heavy atom. The van der Waals surface area contributed by atoms with Crippen molar-refractivity contribution in [3.8, 4) is 0 Å². The van der Waals surface area contributed by atoms with E-state index in [1.165, 1.54) is 19.3 Å². The molecule has 4 unspecified atom stereocenters. The maximum absolute atomic E-state index is 11.1. The number of anilines is 1. The van der Waals surface area contributed by atoms with Crippen molar-refractivity contribution in [2.75, 3.05) is 5.32 Å². The lowest BCUT2D eigenvalue weighted by Crippen LogP contribution is -2.13. The number of aromatic carboxylic acids is 1. The van der Waals surface area contributed by atoms with Gasteiger partial charge in [0.05, 0.1) is 5.56 Å². The van der Waals surface area contributed by atoms with E-state index in [1.54, 1.807) is 12.1 Å². The number of benzene rings is 1. The molecule has 0 radical (unpaired) electrons. The van der Waals surface area contributed by atoms with E-state index < -0.39 is 5.97 Å². The molecule has 100 valence electrons. The second-order valence-electron chi connectivity index (χ2n) is 6.19. The molecule has 2 bridgehead atoms. The number of halogens is 1. The summed E-state index contributed by atoms with van der Waals surface area (Å²) in [5, 5.41) is 12.7. The van der Waals surface area contributed by atoms with Gasteiger partial charge in [0.2, 0.25) is 0 Å². The average molecular weight is 322 g/mol. The first-order valence-electron chi connectivity index (χ1n) is 6.94. The summed E-state index contributed by atoms with van der Waals surface area (Å²) in [4.78, 5) is 11.1. The zero-order valence-corrected chi connectivity index (χ0v) is 12.1. The van der Waals surface area contributed by atoms with Crippen LogP contribution in [0, 0.1) is 23.7 Å². The zero-order valence-electron chi connectivity index (χ0n) is 10.5. The van der Waals surface area contributed by atoms with E-state index >= 15 is 0 Å². The van der Waals surface area contributed by atoms with Crippen LogP contribution in [0.5, 0.6) is 0 Å². The molecular weight excluding hydrogens is 306 g/mol. The van der Waals surface area contributed by atoms with E-state index in [1.807, 2.05) is 6.07 Å². The van der Waals surface area contributed by atoms with Crippen LogP contribution < -0.4 is 5.32 Å². The molecule has 3 nitrogen and oxygen atoms in total. The van der Waals surface area contributed by atoms with Crippen LogP contribution in [-0.4, -0.2) is 17.1 Å². The van der Waals surface area contributed by atoms with Crippen molar-refractivity contribution >= 4 is 27.6 Å². The Balaban J connectivity index is 1.54. The number of carbonyl (C=O) groups is 1. The minimum atomic E-state index is -0.875. The number of nitrogens with one attached hydrogen (secondary N) is 1. The van der Waals surface area contributed by atoms with Crippen LogP contribution in [-0.2, 0) is 0 Å². The van der Waals surface area contributed by atoms with Gasteiger partial charge in [0.25, 0.3) is 0 Å². The Bertz CT molecular complexity index is 543. The number of hydrogen-bond acceptors (Lipinski definition) is 2. The molecule has 4 heteroatoms. The summed E-state index contributed by atoms with van der Waals surface area (Å²) >= 11 is 3.39. The van der Waals surface area contributed by atoms with Gasteiger partial charge in [-0.2, -0.15) is 0 Å². The summed E-state index contributed by atoms with van der Waals surface area (Å²) in [7, 11) is 0. The van der Waals surface area contributed by atoms with Crippen molar-refractivity contribution in [1.29, 1.82) is 0 Å². The maximum atomic E-state index is 11.1. The number of carboxylic acid groups (broad SMARTS) is 1. The Hall–Kier alpha value is -1.03. The Morgan fingerprint density at radius 2 is 1.89 bits per heavy atom. The van der Waals surface area contributed by atoms with Gasteiger partial charge in [-0.1, -0.05) is 15.9 Å². The fourth-order valence-corrected chi connectivity index (χ4v) is 5.00. The van der Waals surface area contributed by atoms with Gasteiger partial charge in [-0.3, -0.25) is 0 Å². The molecular formula is C15H16BrNO2. The van der Waals surface area contributed by atoms with Crippen LogP contribution in [0.4, 0.5) is 5.69 Å². The normalized spacial score (nSPS) is 38.1. The summed E-state index contributed by atoms with van der Waals surface area (Å²) in [5.41, 5.74) is 1.27. The number of rotatable bonds is 3. The van der Waals surface area contributed by atoms with Crippen LogP contribution in [0.3, 0.4) is 0 Å². The third-order valence-corrected chi connectivity index (χ3v) is 5.67. The highest BCUT2D eigenvalue weighted by atomic mass is 79.9. The fraction of sp³-hybridized carbons (Fsp3) is 0.533. The molecule has 0 aromatic heterocycles. The molecule has 0 amide bonds. The molecule has 3 saturated carbocycles. The lowest BCUT2D eigenvalue weighted by atomic mass is 10.0. The van der Waals surface area contributed by atoms with E-state index in [0.717, 1.165) is 33.8 Å². The minimum Gasteiger partial charge on any atom is -0.478 e. The van der Waals surface area contributed by atoms with E-state index in [0.29, 0.717) is 11.6 Å². The van der Waals surface area contributed by atoms with E-state index in [2.05, 4.69) is 21.2 Å². The van der Waals surface area contributed by atoms with Gasteiger partial charge < -0.3 is 10.4 Å². The molecule has 1 aromatic carbocycles. The smallest absolute Gasteiger partial charge is 0.335 e. The quantitative estimate of drug-likeness (QED) is 0.894. The zero-order chi connectivity index (χ0) is 13.1. The highest BCUT2D eigenvalue weighted by molar-refractivity contribution is 9.10. The lowest BCUT2D eigenvalue weighted by molar-refractivity contribution is 0.0697. The van der Waals surface area contributed by atoms with E-state index in [-0.39, 0.29) is 0 Å². The fourth-order valence-electron chi connectivity index (χ4n) is 4.51. The van der Waals surface area contributed by atoms with E-state index in [4.69, 9.17) is 5.11 Å². The van der Waals surface area contributed by atoms with Gasteiger partial charge in [0.15, 0.2) is 0 Å². The molecule has 3 fully saturated rings. The Labute approximate surface area is 120 Å². The number of fused-ring (bicyclic) bond motifs is 5. The lowest BCUT2D eigenvalue weighted by Gasteiger charge is -2.12. The minimum absolute atomic E-state index is 0.339. The van der Waals surface area contributed by atoms with Gasteiger partial charge >= 0.3 is 5.97 Å². The topological polar surface area (TPSA) is 49.3 Å². The van der Waals surface area contributed by atoms with Gasteiger partial charge in [0, 0.05) is 16.2 Å². The highest BCUT2D eigenvalue weighted by Gasteiger charge is 2.64. The summed E-state index contributed by atoms with van der Waals surface area (Å²) in [6.07, 6.45) is 4.25. The van der Waals surface area contributed by atoms with Gasteiger partial charge in [-0.05, 0) is 61.1 Å². The van der Waals surface area contributed by atoms with Gasteiger partial charge in [-0.15, -0.1) is 0 Å². The van der Waals surface area contributed by atoms with Crippen LogP contribution in [0.2, 0.25) is 0 Å². The first kappa shape index (κ1) is 11.8. The molecule has 1 aromatic rings. The first-order valence-corrected chi connectivity index (χ1v) is 7.73. The number of hydrogen-bond donors (Lipinski definition) is 2. The van der Waals surface area contributed by atoms with Crippen molar-refractivity contribution in [3.63, 3.8) is 0 Å². The molecule has 0 aliphatic heterocycles. The molecule has 3 aliphatic carbocycles. The summed E-state index contributed by atoms with van der Waals surface area (Å²) in [6, 6.07) is 5.94. The molecule has 19 heavy (non-hydrogen) atoms. The molecule has 0 heterocycles. The van der Waals surface area contributed by atoms with E-state index in [9.17, 15) is 4.79 Å². The second-order valence-corrected chi connectivity index (χ2v) is 7.11. The maximum Gasteiger partial charge on any atom is 0.335 e. The van der Waals surface area contributed by atoms with Crippen molar-refractivity contribution in [2.45, 2.75) is 25.3 Å². The Kier molecular flexibility index (Phi) is 2.47. The monoisotopic (exact) mass is 321 g/mol. The van der Waals surface area contributed by atoms with Crippen molar-refractivity contribution < 1.29 is 9.90 Å². The van der Waals surface area contributed by atoms with Crippen molar-refractivity contribution in [2.24, 2.45) is 23.7 Å². The predicted molar refractivity (Wildman–Crippen MR) is 76.3 cm³/mol. The standard InChI is InChI=1S/C15H16BrNO2/c16-10-4-9(15(18)19)5-11(6-10)17-14-12-7-1-2-8(3-7)13(12)14/h4-8,12-14,17H,1-3H2,(H,18,19). The van der Waals surface area contributed by atoms with Crippen LogP contribution in [0.1, 0.15) is 29.6 Å².